The first-order valence-corrected chi connectivity index (χ1v) is 8.82. The fourth-order valence-corrected chi connectivity index (χ4v) is 2.80. The fourth-order valence-electron chi connectivity index (χ4n) is 2.67. The van der Waals surface area contributed by atoms with Crippen molar-refractivity contribution in [3.8, 4) is 5.75 Å². The molecule has 0 aromatic heterocycles. The molecule has 6 nitrogen and oxygen atoms in total. The summed E-state index contributed by atoms with van der Waals surface area (Å²) < 4.78 is 5.41. The molecule has 0 bridgehead atoms. The summed E-state index contributed by atoms with van der Waals surface area (Å²) in [6, 6.07) is 13.7. The Morgan fingerprint density at radius 2 is 1.65 bits per heavy atom. The number of hydrogen-bond acceptors (Lipinski definition) is 3. The van der Waals surface area contributed by atoms with Crippen molar-refractivity contribution >= 4 is 34.9 Å². The number of halogens is 1. The van der Waals surface area contributed by atoms with Crippen LogP contribution in [0.2, 0.25) is 5.02 Å². The Morgan fingerprint density at radius 1 is 1.00 bits per heavy atom. The third-order valence-electron chi connectivity index (χ3n) is 3.97. The van der Waals surface area contributed by atoms with Crippen LogP contribution in [0.15, 0.2) is 48.5 Å². The van der Waals surface area contributed by atoms with Gasteiger partial charge in [0.05, 0.1) is 0 Å². The number of carbonyl (C=O) groups excluding carboxylic acids is 2. The van der Waals surface area contributed by atoms with Crippen molar-refractivity contribution in [2.75, 3.05) is 30.3 Å². The molecule has 2 N–H and O–H groups in total. The summed E-state index contributed by atoms with van der Waals surface area (Å²) in [6.45, 7) is 1.45. The number of nitrogens with zero attached hydrogens (tertiary/aromatic N) is 1. The van der Waals surface area contributed by atoms with Crippen LogP contribution in [0.25, 0.3) is 0 Å². The van der Waals surface area contributed by atoms with Crippen LogP contribution in [-0.2, 0) is 4.79 Å². The minimum Gasteiger partial charge on any atom is -0.484 e. The van der Waals surface area contributed by atoms with E-state index in [1.54, 1.807) is 53.4 Å². The van der Waals surface area contributed by atoms with Crippen LogP contribution in [0.1, 0.15) is 12.8 Å². The second-order valence-electron chi connectivity index (χ2n) is 6.00. The van der Waals surface area contributed by atoms with E-state index < -0.39 is 0 Å². The number of likely N-dealkylation sites (tertiary alicyclic amines) is 1. The fraction of sp³-hybridized carbons (Fsp3) is 0.263. The lowest BCUT2D eigenvalue weighted by Gasteiger charge is -2.16. The van der Waals surface area contributed by atoms with Crippen LogP contribution in [-0.4, -0.2) is 36.5 Å². The zero-order valence-electron chi connectivity index (χ0n) is 14.2. The molecule has 26 heavy (non-hydrogen) atoms. The minimum atomic E-state index is -0.289. The van der Waals surface area contributed by atoms with Gasteiger partial charge in [-0.2, -0.15) is 0 Å². The highest BCUT2D eigenvalue weighted by atomic mass is 35.5. The summed E-state index contributed by atoms with van der Waals surface area (Å²) in [5.41, 5.74) is 1.23. The van der Waals surface area contributed by atoms with Gasteiger partial charge in [-0.3, -0.25) is 4.79 Å². The molecule has 0 radical (unpaired) electrons. The van der Waals surface area contributed by atoms with E-state index in [0.29, 0.717) is 22.1 Å². The topological polar surface area (TPSA) is 70.7 Å². The molecule has 0 saturated carbocycles. The highest BCUT2D eigenvalue weighted by molar-refractivity contribution is 6.30. The highest BCUT2D eigenvalue weighted by Gasteiger charge is 2.17. The van der Waals surface area contributed by atoms with E-state index in [0.717, 1.165) is 25.9 Å². The average Bonchev–Trinajstić information content (AvgIpc) is 3.16. The van der Waals surface area contributed by atoms with Crippen molar-refractivity contribution in [2.45, 2.75) is 12.8 Å². The zero-order valence-corrected chi connectivity index (χ0v) is 15.0. The molecule has 1 aliphatic rings. The normalized spacial score (nSPS) is 13.3. The first kappa shape index (κ1) is 18.1. The summed E-state index contributed by atoms with van der Waals surface area (Å²) in [4.78, 5) is 26.0. The van der Waals surface area contributed by atoms with Gasteiger partial charge in [-0.1, -0.05) is 17.7 Å². The standard InChI is InChI=1S/C19H20ClN3O3/c20-14-6-8-17(9-7-14)26-13-18(24)21-15-4-3-5-16(12-15)22-19(25)23-10-1-2-11-23/h3-9,12H,1-2,10-11,13H2,(H,21,24)(H,22,25). The molecule has 1 heterocycles. The Labute approximate surface area is 157 Å². The predicted molar refractivity (Wildman–Crippen MR) is 102 cm³/mol. The Balaban J connectivity index is 1.51. The molecule has 136 valence electrons. The lowest BCUT2D eigenvalue weighted by molar-refractivity contribution is -0.118. The molecule has 2 aromatic rings. The van der Waals surface area contributed by atoms with Gasteiger partial charge in [0, 0.05) is 29.5 Å². The minimum absolute atomic E-state index is 0.114. The second-order valence-corrected chi connectivity index (χ2v) is 6.43. The van der Waals surface area contributed by atoms with Gasteiger partial charge in [-0.15, -0.1) is 0 Å². The second kappa shape index (κ2) is 8.58. The van der Waals surface area contributed by atoms with E-state index in [1.165, 1.54) is 0 Å². The maximum atomic E-state index is 12.1. The van der Waals surface area contributed by atoms with Gasteiger partial charge in [-0.05, 0) is 55.3 Å². The molecule has 1 fully saturated rings. The molecule has 1 aliphatic heterocycles. The Hall–Kier alpha value is -2.73. The van der Waals surface area contributed by atoms with Gasteiger partial charge in [0.2, 0.25) is 0 Å². The summed E-state index contributed by atoms with van der Waals surface area (Å²) >= 11 is 5.81. The number of urea groups is 1. The molecular formula is C19H20ClN3O3. The molecule has 1 saturated heterocycles. The van der Waals surface area contributed by atoms with Crippen molar-refractivity contribution in [1.82, 2.24) is 4.90 Å². The molecular weight excluding hydrogens is 354 g/mol. The van der Waals surface area contributed by atoms with Crippen molar-refractivity contribution < 1.29 is 14.3 Å². The quantitative estimate of drug-likeness (QED) is 0.832. The van der Waals surface area contributed by atoms with Gasteiger partial charge >= 0.3 is 6.03 Å². The largest absolute Gasteiger partial charge is 0.484 e. The lowest BCUT2D eigenvalue weighted by Crippen LogP contribution is -2.32. The van der Waals surface area contributed by atoms with Gasteiger partial charge in [0.15, 0.2) is 6.61 Å². The van der Waals surface area contributed by atoms with Crippen LogP contribution in [0.3, 0.4) is 0 Å². The van der Waals surface area contributed by atoms with Crippen molar-refractivity contribution in [2.24, 2.45) is 0 Å². The van der Waals surface area contributed by atoms with Crippen LogP contribution in [0.5, 0.6) is 5.75 Å². The van der Waals surface area contributed by atoms with Gasteiger partial charge in [0.1, 0.15) is 5.75 Å². The predicted octanol–water partition coefficient (Wildman–Crippen LogP) is 3.99. The zero-order chi connectivity index (χ0) is 18.4. The van der Waals surface area contributed by atoms with Crippen LogP contribution >= 0.6 is 11.6 Å². The van der Waals surface area contributed by atoms with E-state index >= 15 is 0 Å². The highest BCUT2D eigenvalue weighted by Crippen LogP contribution is 2.18. The molecule has 3 rings (SSSR count). The first-order valence-electron chi connectivity index (χ1n) is 8.44. The number of hydrogen-bond donors (Lipinski definition) is 2. The van der Waals surface area contributed by atoms with Gasteiger partial charge < -0.3 is 20.3 Å². The number of nitrogens with one attached hydrogen (secondary N) is 2. The number of ether oxygens (including phenoxy) is 1. The summed E-state index contributed by atoms with van der Waals surface area (Å²) in [5, 5.41) is 6.21. The molecule has 2 aromatic carbocycles. The maximum absolute atomic E-state index is 12.1. The molecule has 0 atom stereocenters. The molecule has 0 aliphatic carbocycles. The maximum Gasteiger partial charge on any atom is 0.321 e. The van der Waals surface area contributed by atoms with Crippen LogP contribution < -0.4 is 15.4 Å². The van der Waals surface area contributed by atoms with Crippen molar-refractivity contribution in [1.29, 1.82) is 0 Å². The third kappa shape index (κ3) is 5.13. The van der Waals surface area contributed by atoms with E-state index in [-0.39, 0.29) is 18.5 Å². The lowest BCUT2D eigenvalue weighted by atomic mass is 10.2. The number of anilines is 2. The van der Waals surface area contributed by atoms with Gasteiger partial charge in [0.25, 0.3) is 5.91 Å². The smallest absolute Gasteiger partial charge is 0.321 e. The van der Waals surface area contributed by atoms with Crippen LogP contribution in [0, 0.1) is 0 Å². The average molecular weight is 374 g/mol. The van der Waals surface area contributed by atoms with E-state index in [1.807, 2.05) is 0 Å². The third-order valence-corrected chi connectivity index (χ3v) is 4.23. The summed E-state index contributed by atoms with van der Waals surface area (Å²) in [7, 11) is 0. The number of amides is 3. The number of rotatable bonds is 5. The van der Waals surface area contributed by atoms with Crippen molar-refractivity contribution in [3.63, 3.8) is 0 Å². The Morgan fingerprint density at radius 3 is 2.35 bits per heavy atom. The first-order chi connectivity index (χ1) is 12.6. The molecule has 7 heteroatoms. The monoisotopic (exact) mass is 373 g/mol. The molecule has 0 spiro atoms. The Bertz CT molecular complexity index is 774. The summed E-state index contributed by atoms with van der Waals surface area (Å²) in [5.74, 6) is 0.277. The number of benzene rings is 2. The van der Waals surface area contributed by atoms with Gasteiger partial charge in [-0.25, -0.2) is 4.79 Å². The Kier molecular flexibility index (Phi) is 5.96. The van der Waals surface area contributed by atoms with E-state index in [2.05, 4.69) is 10.6 Å². The van der Waals surface area contributed by atoms with E-state index in [9.17, 15) is 9.59 Å². The summed E-state index contributed by atoms with van der Waals surface area (Å²) in [6.07, 6.45) is 2.08. The number of carbonyl (C=O) groups is 2. The van der Waals surface area contributed by atoms with Crippen LogP contribution in [0.4, 0.5) is 16.2 Å². The molecule has 3 amide bonds. The van der Waals surface area contributed by atoms with Crippen molar-refractivity contribution in [3.05, 3.63) is 53.6 Å². The molecule has 0 unspecified atom stereocenters. The SMILES string of the molecule is O=C(COc1ccc(Cl)cc1)Nc1cccc(NC(=O)N2CCCC2)c1. The van der Waals surface area contributed by atoms with E-state index in [4.69, 9.17) is 16.3 Å².